The van der Waals surface area contributed by atoms with Crippen molar-refractivity contribution in [2.45, 2.75) is 0 Å². The van der Waals surface area contributed by atoms with Crippen molar-refractivity contribution in [3.63, 3.8) is 0 Å². The van der Waals surface area contributed by atoms with Gasteiger partial charge in [-0.15, -0.1) is 0 Å². The standard InChI is InChI=1S/C9H8BN3O2/c1-13-7-5(3-6(10)9(13)14)8(15-2)12-4-11-7/h3-4H,1-2H3. The number of hydrogen-bond acceptors (Lipinski definition) is 4. The Hall–Kier alpha value is -1.85. The Balaban J connectivity index is 2.98. The van der Waals surface area contributed by atoms with Crippen LogP contribution in [0.4, 0.5) is 0 Å². The molecule has 2 aromatic rings. The van der Waals surface area contributed by atoms with E-state index in [1.54, 1.807) is 7.05 Å². The van der Waals surface area contributed by atoms with E-state index in [2.05, 4.69) is 9.97 Å². The van der Waals surface area contributed by atoms with E-state index >= 15 is 0 Å². The molecule has 2 heterocycles. The van der Waals surface area contributed by atoms with E-state index in [9.17, 15) is 4.79 Å². The monoisotopic (exact) mass is 201 g/mol. The van der Waals surface area contributed by atoms with Gasteiger partial charge < -0.3 is 4.74 Å². The Morgan fingerprint density at radius 2 is 2.20 bits per heavy atom. The first-order valence-electron chi connectivity index (χ1n) is 4.29. The molecule has 0 amide bonds. The molecule has 0 unspecified atom stereocenters. The fourth-order valence-electron chi connectivity index (χ4n) is 1.43. The molecule has 6 heteroatoms. The second-order valence-corrected chi connectivity index (χ2v) is 3.08. The Bertz CT molecular complexity index is 579. The first kappa shape index (κ1) is 9.70. The van der Waals surface area contributed by atoms with E-state index < -0.39 is 0 Å². The minimum Gasteiger partial charge on any atom is -0.480 e. The summed E-state index contributed by atoms with van der Waals surface area (Å²) >= 11 is 0. The van der Waals surface area contributed by atoms with Crippen LogP contribution in [0.25, 0.3) is 11.0 Å². The molecule has 0 saturated heterocycles. The number of aromatic nitrogens is 3. The zero-order valence-corrected chi connectivity index (χ0v) is 8.39. The molecule has 0 atom stereocenters. The number of aryl methyl sites for hydroxylation is 1. The van der Waals surface area contributed by atoms with Gasteiger partial charge in [-0.2, -0.15) is 0 Å². The van der Waals surface area contributed by atoms with Gasteiger partial charge in [-0.1, -0.05) is 0 Å². The second-order valence-electron chi connectivity index (χ2n) is 3.08. The first-order chi connectivity index (χ1) is 7.15. The number of methoxy groups -OCH3 is 1. The molecule has 0 N–H and O–H groups in total. The van der Waals surface area contributed by atoms with Crippen molar-refractivity contribution in [2.24, 2.45) is 7.05 Å². The van der Waals surface area contributed by atoms with Crippen molar-refractivity contribution in [2.75, 3.05) is 7.11 Å². The van der Waals surface area contributed by atoms with Crippen LogP contribution in [0, 0.1) is 0 Å². The summed E-state index contributed by atoms with van der Waals surface area (Å²) in [5.74, 6) is 0.405. The van der Waals surface area contributed by atoms with E-state index in [4.69, 9.17) is 12.6 Å². The van der Waals surface area contributed by atoms with Crippen molar-refractivity contribution < 1.29 is 4.74 Å². The summed E-state index contributed by atoms with van der Waals surface area (Å²) in [7, 11) is 8.67. The van der Waals surface area contributed by atoms with Crippen molar-refractivity contribution in [3.8, 4) is 5.88 Å². The maximum atomic E-state index is 11.5. The van der Waals surface area contributed by atoms with Crippen molar-refractivity contribution >= 4 is 24.3 Å². The van der Waals surface area contributed by atoms with Crippen LogP contribution in [0.5, 0.6) is 5.88 Å². The van der Waals surface area contributed by atoms with Crippen LogP contribution in [-0.4, -0.2) is 29.5 Å². The minimum absolute atomic E-state index is 0.151. The van der Waals surface area contributed by atoms with Crippen molar-refractivity contribution in [1.29, 1.82) is 0 Å². The van der Waals surface area contributed by atoms with E-state index in [-0.39, 0.29) is 11.0 Å². The summed E-state index contributed by atoms with van der Waals surface area (Å²) in [6.45, 7) is 0. The molecule has 2 rings (SSSR count). The fourth-order valence-corrected chi connectivity index (χ4v) is 1.43. The van der Waals surface area contributed by atoms with Crippen molar-refractivity contribution in [1.82, 2.24) is 14.5 Å². The lowest BCUT2D eigenvalue weighted by molar-refractivity contribution is 0.402. The smallest absolute Gasteiger partial charge is 0.244 e. The maximum Gasteiger partial charge on any atom is 0.244 e. The average molecular weight is 201 g/mol. The summed E-state index contributed by atoms with van der Waals surface area (Å²) in [4.78, 5) is 19.5. The van der Waals surface area contributed by atoms with Gasteiger partial charge in [0.2, 0.25) is 11.4 Å². The summed E-state index contributed by atoms with van der Waals surface area (Å²) < 4.78 is 6.43. The SMILES string of the molecule is [B]c1cc2c(OC)ncnc2n(C)c1=O. The van der Waals surface area contributed by atoms with Crippen LogP contribution in [0.15, 0.2) is 17.2 Å². The number of fused-ring (bicyclic) bond motifs is 1. The van der Waals surface area contributed by atoms with E-state index in [0.717, 1.165) is 0 Å². The van der Waals surface area contributed by atoms with Crippen LogP contribution >= 0.6 is 0 Å². The van der Waals surface area contributed by atoms with Gasteiger partial charge in [0.1, 0.15) is 19.8 Å². The topological polar surface area (TPSA) is 57.0 Å². The highest BCUT2D eigenvalue weighted by Crippen LogP contribution is 2.17. The Labute approximate surface area is 87.1 Å². The molecule has 0 fully saturated rings. The molecule has 15 heavy (non-hydrogen) atoms. The summed E-state index contributed by atoms with van der Waals surface area (Å²) in [5.41, 5.74) is 0.377. The van der Waals surface area contributed by atoms with Gasteiger partial charge in [0, 0.05) is 7.05 Å². The lowest BCUT2D eigenvalue weighted by atomic mass is 9.97. The molecule has 0 aliphatic carbocycles. The molecule has 0 saturated carbocycles. The number of ether oxygens (including phenoxy) is 1. The first-order valence-corrected chi connectivity index (χ1v) is 4.29. The third-order valence-corrected chi connectivity index (χ3v) is 2.19. The lowest BCUT2D eigenvalue weighted by Gasteiger charge is -2.07. The quantitative estimate of drug-likeness (QED) is 0.562. The summed E-state index contributed by atoms with van der Waals surface area (Å²) in [5, 5.41) is 0.625. The molecular weight excluding hydrogens is 193 g/mol. The summed E-state index contributed by atoms with van der Waals surface area (Å²) in [6, 6.07) is 1.52. The van der Waals surface area contributed by atoms with Gasteiger partial charge in [0.25, 0.3) is 0 Å². The fraction of sp³-hybridized carbons (Fsp3) is 0.222. The molecular formula is C9H8BN3O2. The molecule has 0 aromatic carbocycles. The molecule has 0 aliphatic rings. The van der Waals surface area contributed by atoms with Crippen LogP contribution < -0.4 is 15.8 Å². The van der Waals surface area contributed by atoms with E-state index in [1.165, 1.54) is 24.1 Å². The second kappa shape index (κ2) is 3.38. The van der Waals surface area contributed by atoms with Gasteiger partial charge in [0.15, 0.2) is 0 Å². The van der Waals surface area contributed by atoms with Crippen LogP contribution in [0.1, 0.15) is 0 Å². The Morgan fingerprint density at radius 3 is 2.87 bits per heavy atom. The van der Waals surface area contributed by atoms with Gasteiger partial charge in [-0.3, -0.25) is 9.36 Å². The zero-order valence-electron chi connectivity index (χ0n) is 8.39. The van der Waals surface area contributed by atoms with Gasteiger partial charge in [-0.25, -0.2) is 9.97 Å². The molecule has 0 spiro atoms. The summed E-state index contributed by atoms with van der Waals surface area (Å²) in [6.07, 6.45) is 1.34. The third kappa shape index (κ3) is 1.38. The maximum absolute atomic E-state index is 11.5. The number of nitrogens with zero attached hydrogens (tertiary/aromatic N) is 3. The molecule has 2 aromatic heterocycles. The number of pyridine rings is 1. The Morgan fingerprint density at radius 1 is 1.47 bits per heavy atom. The molecule has 0 bridgehead atoms. The lowest BCUT2D eigenvalue weighted by Crippen LogP contribution is -2.33. The van der Waals surface area contributed by atoms with Crippen molar-refractivity contribution in [3.05, 3.63) is 22.7 Å². The predicted molar refractivity (Wildman–Crippen MR) is 56.7 cm³/mol. The molecule has 74 valence electrons. The average Bonchev–Trinajstić information content (AvgIpc) is 2.25. The third-order valence-electron chi connectivity index (χ3n) is 2.19. The highest BCUT2D eigenvalue weighted by atomic mass is 16.5. The van der Waals surface area contributed by atoms with E-state index in [1.807, 2.05) is 0 Å². The Kier molecular flexibility index (Phi) is 2.19. The molecule has 2 radical (unpaired) electrons. The predicted octanol–water partition coefficient (Wildman–Crippen LogP) is -0.869. The highest BCUT2D eigenvalue weighted by molar-refractivity contribution is 6.32. The van der Waals surface area contributed by atoms with Crippen LogP contribution in [-0.2, 0) is 7.05 Å². The largest absolute Gasteiger partial charge is 0.480 e. The highest BCUT2D eigenvalue weighted by Gasteiger charge is 2.08. The minimum atomic E-state index is -0.275. The van der Waals surface area contributed by atoms with Gasteiger partial charge >= 0.3 is 0 Å². The molecule has 5 nitrogen and oxygen atoms in total. The van der Waals surface area contributed by atoms with Crippen LogP contribution in [0.2, 0.25) is 0 Å². The number of hydrogen-bond donors (Lipinski definition) is 0. The van der Waals surface area contributed by atoms with Gasteiger partial charge in [0.05, 0.1) is 12.5 Å². The zero-order chi connectivity index (χ0) is 11.0. The normalized spacial score (nSPS) is 10.5. The van der Waals surface area contributed by atoms with E-state index in [0.29, 0.717) is 16.9 Å². The number of rotatable bonds is 1. The molecule has 0 aliphatic heterocycles. The van der Waals surface area contributed by atoms with Gasteiger partial charge in [-0.05, 0) is 11.5 Å². The van der Waals surface area contributed by atoms with Crippen LogP contribution in [0.3, 0.4) is 0 Å².